The summed E-state index contributed by atoms with van der Waals surface area (Å²) in [6.45, 7) is 3.21. The van der Waals surface area contributed by atoms with Crippen LogP contribution in [-0.2, 0) is 16.5 Å². The molecule has 33 heavy (non-hydrogen) atoms. The van der Waals surface area contributed by atoms with Crippen molar-refractivity contribution < 1.29 is 19.1 Å². The third-order valence-electron chi connectivity index (χ3n) is 5.85. The SMILES string of the molecule is C1CCOCC1.Cn1cc(-c2cc([N+](=O)[O-])ccc2OC2CCCOC2)c2cc[nH]c2c1=O. The van der Waals surface area contributed by atoms with Crippen LogP contribution in [0.4, 0.5) is 5.69 Å². The topological polar surface area (TPSA) is 109 Å². The Morgan fingerprint density at radius 2 is 1.88 bits per heavy atom. The molecule has 0 aliphatic carbocycles. The van der Waals surface area contributed by atoms with E-state index >= 15 is 0 Å². The van der Waals surface area contributed by atoms with Crippen molar-refractivity contribution in [2.75, 3.05) is 26.4 Å². The average Bonchev–Trinajstić information content (AvgIpc) is 3.34. The second-order valence-electron chi connectivity index (χ2n) is 8.29. The van der Waals surface area contributed by atoms with Gasteiger partial charge in [-0.3, -0.25) is 14.9 Å². The lowest BCUT2D eigenvalue weighted by Crippen LogP contribution is -2.28. The molecule has 2 fully saturated rings. The molecule has 9 heteroatoms. The number of benzene rings is 1. The van der Waals surface area contributed by atoms with Gasteiger partial charge >= 0.3 is 0 Å². The van der Waals surface area contributed by atoms with Crippen LogP contribution in [0.15, 0.2) is 41.5 Å². The minimum absolute atomic E-state index is 0.0326. The third kappa shape index (κ3) is 5.43. The van der Waals surface area contributed by atoms with Crippen molar-refractivity contribution in [1.29, 1.82) is 0 Å². The summed E-state index contributed by atoms with van der Waals surface area (Å²) in [7, 11) is 1.65. The fraction of sp³-hybridized carbons (Fsp3) is 0.458. The Hall–Kier alpha value is -3.17. The van der Waals surface area contributed by atoms with E-state index in [2.05, 4.69) is 4.98 Å². The van der Waals surface area contributed by atoms with Gasteiger partial charge in [-0.05, 0) is 44.2 Å². The van der Waals surface area contributed by atoms with Crippen molar-refractivity contribution in [2.45, 2.75) is 38.2 Å². The number of ether oxygens (including phenoxy) is 3. The molecule has 1 N–H and O–H groups in total. The molecule has 2 aliphatic heterocycles. The lowest BCUT2D eigenvalue weighted by Gasteiger charge is -2.24. The number of hydrogen-bond acceptors (Lipinski definition) is 6. The fourth-order valence-electron chi connectivity index (χ4n) is 4.10. The van der Waals surface area contributed by atoms with E-state index in [1.165, 1.54) is 36.0 Å². The highest BCUT2D eigenvalue weighted by Crippen LogP contribution is 2.37. The zero-order chi connectivity index (χ0) is 23.2. The van der Waals surface area contributed by atoms with Crippen LogP contribution in [0.3, 0.4) is 0 Å². The van der Waals surface area contributed by atoms with Gasteiger partial charge in [0.25, 0.3) is 11.2 Å². The summed E-state index contributed by atoms with van der Waals surface area (Å²) in [5.41, 5.74) is 1.54. The minimum Gasteiger partial charge on any atom is -0.487 e. The number of aromatic nitrogens is 2. The van der Waals surface area contributed by atoms with Gasteiger partial charge in [0.2, 0.25) is 0 Å². The first-order valence-corrected chi connectivity index (χ1v) is 11.3. The van der Waals surface area contributed by atoms with Crippen molar-refractivity contribution in [1.82, 2.24) is 9.55 Å². The molecular weight excluding hydrogens is 426 g/mol. The highest BCUT2D eigenvalue weighted by Gasteiger charge is 2.21. The van der Waals surface area contributed by atoms with Crippen LogP contribution in [0, 0.1) is 10.1 Å². The summed E-state index contributed by atoms with van der Waals surface area (Å²) < 4.78 is 18.1. The lowest BCUT2D eigenvalue weighted by molar-refractivity contribution is -0.384. The van der Waals surface area contributed by atoms with E-state index < -0.39 is 4.92 Å². The van der Waals surface area contributed by atoms with Gasteiger partial charge < -0.3 is 23.8 Å². The maximum Gasteiger partial charge on any atom is 0.274 e. The molecule has 0 saturated carbocycles. The number of aryl methyl sites for hydroxylation is 1. The Bertz CT molecular complexity index is 1150. The number of fused-ring (bicyclic) bond motifs is 1. The second kappa shape index (κ2) is 10.6. The molecule has 0 bridgehead atoms. The predicted octanol–water partition coefficient (Wildman–Crippen LogP) is 4.19. The maximum absolute atomic E-state index is 12.3. The first-order chi connectivity index (χ1) is 16.0. The van der Waals surface area contributed by atoms with E-state index in [1.54, 1.807) is 31.6 Å². The van der Waals surface area contributed by atoms with Crippen molar-refractivity contribution in [2.24, 2.45) is 7.05 Å². The largest absolute Gasteiger partial charge is 0.487 e. The predicted molar refractivity (Wildman–Crippen MR) is 125 cm³/mol. The van der Waals surface area contributed by atoms with Crippen molar-refractivity contribution in [3.05, 3.63) is 57.1 Å². The quantitative estimate of drug-likeness (QED) is 0.467. The summed E-state index contributed by atoms with van der Waals surface area (Å²) in [5, 5.41) is 12.0. The normalized spacial score (nSPS) is 18.4. The van der Waals surface area contributed by atoms with Gasteiger partial charge in [0, 0.05) is 67.9 Å². The summed E-state index contributed by atoms with van der Waals surface area (Å²) in [5.74, 6) is 0.539. The molecule has 3 aromatic rings. The molecule has 0 amide bonds. The van der Waals surface area contributed by atoms with E-state index in [4.69, 9.17) is 14.2 Å². The van der Waals surface area contributed by atoms with Gasteiger partial charge in [-0.25, -0.2) is 0 Å². The van der Waals surface area contributed by atoms with Crippen LogP contribution in [0.2, 0.25) is 0 Å². The van der Waals surface area contributed by atoms with E-state index in [-0.39, 0.29) is 17.4 Å². The molecule has 2 aliphatic rings. The summed E-state index contributed by atoms with van der Waals surface area (Å²) in [6, 6.07) is 6.33. The number of rotatable bonds is 4. The zero-order valence-electron chi connectivity index (χ0n) is 18.7. The summed E-state index contributed by atoms with van der Waals surface area (Å²) >= 11 is 0. The number of nitro benzene ring substituents is 1. The number of nitrogens with zero attached hydrogens (tertiary/aromatic N) is 2. The third-order valence-corrected chi connectivity index (χ3v) is 5.85. The minimum atomic E-state index is -0.437. The Balaban J connectivity index is 0.000000376. The molecule has 1 aromatic carbocycles. The summed E-state index contributed by atoms with van der Waals surface area (Å²) in [4.78, 5) is 26.1. The van der Waals surface area contributed by atoms with Gasteiger partial charge in [-0.15, -0.1) is 0 Å². The van der Waals surface area contributed by atoms with Gasteiger partial charge in [-0.2, -0.15) is 0 Å². The van der Waals surface area contributed by atoms with Crippen LogP contribution < -0.4 is 10.3 Å². The number of non-ortho nitro benzene ring substituents is 1. The molecule has 9 nitrogen and oxygen atoms in total. The lowest BCUT2D eigenvalue weighted by atomic mass is 10.0. The van der Waals surface area contributed by atoms with Crippen molar-refractivity contribution in [3.8, 4) is 16.9 Å². The van der Waals surface area contributed by atoms with Gasteiger partial charge in [0.1, 0.15) is 17.4 Å². The smallest absolute Gasteiger partial charge is 0.274 e. The molecule has 176 valence electrons. The van der Waals surface area contributed by atoms with Crippen LogP contribution in [0.1, 0.15) is 32.1 Å². The van der Waals surface area contributed by atoms with Gasteiger partial charge in [0.05, 0.1) is 11.5 Å². The van der Waals surface area contributed by atoms with Crippen LogP contribution >= 0.6 is 0 Å². The highest BCUT2D eigenvalue weighted by atomic mass is 16.6. The van der Waals surface area contributed by atoms with E-state index in [9.17, 15) is 14.9 Å². The number of H-pyrrole nitrogens is 1. The standard InChI is InChI=1S/C19H19N3O5.C5H10O/c1-21-10-16(14-6-7-20-18(14)19(21)23)15-9-12(22(24)25)4-5-17(15)27-13-3-2-8-26-11-13;1-2-4-6-5-3-1/h4-7,9-10,13,20H,2-3,8,11H2,1H3;1-5H2. The van der Waals surface area contributed by atoms with Crippen LogP contribution in [-0.4, -0.2) is 47.0 Å². The Kier molecular flexibility index (Phi) is 7.41. The molecule has 0 spiro atoms. The average molecular weight is 456 g/mol. The van der Waals surface area contributed by atoms with E-state index in [0.29, 0.717) is 34.4 Å². The second-order valence-corrected chi connectivity index (χ2v) is 8.29. The fourth-order valence-corrected chi connectivity index (χ4v) is 4.10. The van der Waals surface area contributed by atoms with Crippen LogP contribution in [0.25, 0.3) is 22.0 Å². The number of nitrogens with one attached hydrogen (secondary N) is 1. The molecule has 2 saturated heterocycles. The first-order valence-electron chi connectivity index (χ1n) is 11.3. The maximum atomic E-state index is 12.3. The molecule has 1 atom stereocenters. The monoisotopic (exact) mass is 455 g/mol. The Labute approximate surface area is 191 Å². The zero-order valence-corrected chi connectivity index (χ0v) is 18.7. The Morgan fingerprint density at radius 3 is 2.52 bits per heavy atom. The molecule has 0 radical (unpaired) electrons. The van der Waals surface area contributed by atoms with Gasteiger partial charge in [0.15, 0.2) is 0 Å². The number of pyridine rings is 1. The molecule has 4 heterocycles. The number of nitro groups is 1. The molecule has 2 aromatic heterocycles. The number of aromatic amines is 1. The van der Waals surface area contributed by atoms with E-state index in [0.717, 1.165) is 32.7 Å². The van der Waals surface area contributed by atoms with Crippen molar-refractivity contribution in [3.63, 3.8) is 0 Å². The first kappa shape index (κ1) is 23.0. The number of hydrogen-bond donors (Lipinski definition) is 1. The van der Waals surface area contributed by atoms with Crippen molar-refractivity contribution >= 4 is 16.6 Å². The molecule has 5 rings (SSSR count). The highest BCUT2D eigenvalue weighted by molar-refractivity contribution is 5.96. The molecular formula is C24H29N3O6. The summed E-state index contributed by atoms with van der Waals surface area (Å²) in [6.07, 6.45) is 8.97. The van der Waals surface area contributed by atoms with E-state index in [1.807, 2.05) is 0 Å². The van der Waals surface area contributed by atoms with Gasteiger partial charge in [-0.1, -0.05) is 0 Å². The molecule has 1 unspecified atom stereocenters. The van der Waals surface area contributed by atoms with Crippen LogP contribution in [0.5, 0.6) is 5.75 Å². The Morgan fingerprint density at radius 1 is 1.09 bits per heavy atom.